The number of ether oxygens (including phenoxy) is 2. The van der Waals surface area contributed by atoms with Crippen LogP contribution in [0.1, 0.15) is 89.0 Å². The molecule has 5 saturated carbocycles. The third kappa shape index (κ3) is 3.22. The Kier molecular flexibility index (Phi) is 4.89. The second kappa shape index (κ2) is 7.50. The van der Waals surface area contributed by atoms with Crippen LogP contribution >= 0.6 is 0 Å². The highest BCUT2D eigenvalue weighted by atomic mass is 17.3. The van der Waals surface area contributed by atoms with Gasteiger partial charge in [-0.05, 0) is 86.8 Å². The molecule has 5 aliphatic carbocycles. The number of hydrogen-bond acceptors (Lipinski definition) is 4. The maximum atomic E-state index is 6.94. The summed E-state index contributed by atoms with van der Waals surface area (Å²) in [4.78, 5) is 12.4. The predicted octanol–water partition coefficient (Wildman–Crippen LogP) is 6.35. The van der Waals surface area contributed by atoms with Crippen molar-refractivity contribution < 1.29 is 19.2 Å². The summed E-state index contributed by atoms with van der Waals surface area (Å²) >= 11 is 0. The first-order chi connectivity index (χ1) is 14.7. The Hall–Kier alpha value is -1.10. The van der Waals surface area contributed by atoms with Crippen LogP contribution in [0, 0.1) is 23.7 Å². The standard InChI is InChI=1S/C26H36O4/c1-2-3-10-27-24-8-4-6-20(16-24)21-7-5-9-25(17-21)28-26(30-29-25)22-12-18-11-19(14-22)15-23(26)13-18/h4,6,8,16,18-19,21-23H,2-3,5,7,9-15,17H2,1H3/t18?,19?,21?,22?,23?,25-,26?/m1/s1. The fraction of sp³-hybridized carbons (Fsp3) is 0.769. The van der Waals surface area contributed by atoms with Crippen molar-refractivity contribution >= 4 is 0 Å². The van der Waals surface area contributed by atoms with Crippen LogP contribution in [0.4, 0.5) is 0 Å². The first kappa shape index (κ1) is 19.6. The summed E-state index contributed by atoms with van der Waals surface area (Å²) in [6, 6.07) is 8.68. The Balaban J connectivity index is 1.18. The minimum Gasteiger partial charge on any atom is -0.494 e. The Bertz CT molecular complexity index is 748. The van der Waals surface area contributed by atoms with E-state index in [1.165, 1.54) is 44.1 Å². The molecule has 0 radical (unpaired) electrons. The van der Waals surface area contributed by atoms with Crippen molar-refractivity contribution in [2.24, 2.45) is 23.7 Å². The molecule has 30 heavy (non-hydrogen) atoms. The van der Waals surface area contributed by atoms with Gasteiger partial charge >= 0.3 is 0 Å². The van der Waals surface area contributed by atoms with E-state index in [0.717, 1.165) is 56.3 Å². The molecular weight excluding hydrogens is 376 g/mol. The van der Waals surface area contributed by atoms with Gasteiger partial charge in [0.15, 0.2) is 0 Å². The maximum absolute atomic E-state index is 6.94. The van der Waals surface area contributed by atoms with Crippen molar-refractivity contribution in [3.8, 4) is 5.75 Å². The average molecular weight is 413 g/mol. The largest absolute Gasteiger partial charge is 0.494 e. The number of rotatable bonds is 5. The molecule has 0 aromatic heterocycles. The van der Waals surface area contributed by atoms with Gasteiger partial charge in [0.05, 0.1) is 6.61 Å². The Morgan fingerprint density at radius 2 is 1.83 bits per heavy atom. The van der Waals surface area contributed by atoms with Gasteiger partial charge in [0.25, 0.3) is 0 Å². The van der Waals surface area contributed by atoms with Crippen molar-refractivity contribution in [3.05, 3.63) is 29.8 Å². The summed E-state index contributed by atoms with van der Waals surface area (Å²) in [5.41, 5.74) is 1.35. The van der Waals surface area contributed by atoms with Crippen LogP contribution in [0.15, 0.2) is 24.3 Å². The number of benzene rings is 1. The highest BCUT2D eigenvalue weighted by molar-refractivity contribution is 5.31. The molecule has 6 aliphatic rings. The van der Waals surface area contributed by atoms with Crippen LogP contribution in [0.2, 0.25) is 0 Å². The summed E-state index contributed by atoms with van der Waals surface area (Å²) < 4.78 is 12.9. The van der Waals surface area contributed by atoms with E-state index < -0.39 is 11.6 Å². The fourth-order valence-corrected chi connectivity index (χ4v) is 7.45. The molecule has 0 N–H and O–H groups in total. The van der Waals surface area contributed by atoms with E-state index in [0.29, 0.717) is 17.8 Å². The molecule has 1 heterocycles. The van der Waals surface area contributed by atoms with Gasteiger partial charge in [-0.2, -0.15) is 9.78 Å². The van der Waals surface area contributed by atoms with Crippen LogP contribution in [0.25, 0.3) is 0 Å². The molecule has 7 rings (SSSR count). The summed E-state index contributed by atoms with van der Waals surface area (Å²) in [6.07, 6.45) is 12.9. The molecule has 1 aromatic rings. The molecule has 1 aromatic carbocycles. The van der Waals surface area contributed by atoms with Crippen LogP contribution in [-0.2, 0) is 14.5 Å². The van der Waals surface area contributed by atoms with E-state index in [1.807, 2.05) is 0 Å². The van der Waals surface area contributed by atoms with Gasteiger partial charge in [-0.3, -0.25) is 0 Å². The van der Waals surface area contributed by atoms with Gasteiger partial charge in [0.2, 0.25) is 11.6 Å². The van der Waals surface area contributed by atoms with Crippen molar-refractivity contribution in [2.45, 2.75) is 95.0 Å². The van der Waals surface area contributed by atoms with Crippen molar-refractivity contribution in [2.75, 3.05) is 6.61 Å². The van der Waals surface area contributed by atoms with Crippen LogP contribution in [0.5, 0.6) is 5.75 Å². The Morgan fingerprint density at radius 1 is 1.03 bits per heavy atom. The van der Waals surface area contributed by atoms with Gasteiger partial charge in [-0.15, -0.1) is 0 Å². The van der Waals surface area contributed by atoms with Crippen molar-refractivity contribution in [1.82, 2.24) is 0 Å². The SMILES string of the molecule is CCCCOc1cccc(C2CCC[C@]3(C2)OOC2(O3)C3CC4CC(C3)CC2C4)c1. The van der Waals surface area contributed by atoms with Crippen LogP contribution in [-0.4, -0.2) is 18.2 Å². The summed E-state index contributed by atoms with van der Waals surface area (Å²) in [5.74, 6) is 3.27. The number of unbranched alkanes of at least 4 members (excludes halogenated alkanes) is 1. The second-order valence-electron chi connectivity index (χ2n) is 10.8. The highest BCUT2D eigenvalue weighted by Crippen LogP contribution is 2.64. The van der Waals surface area contributed by atoms with Crippen LogP contribution in [0.3, 0.4) is 0 Å². The fourth-order valence-electron chi connectivity index (χ4n) is 7.45. The lowest BCUT2D eigenvalue weighted by Crippen LogP contribution is -2.59. The van der Waals surface area contributed by atoms with Gasteiger partial charge in [0, 0.05) is 24.7 Å². The summed E-state index contributed by atoms with van der Waals surface area (Å²) in [5, 5.41) is 0. The predicted molar refractivity (Wildman–Crippen MR) is 114 cm³/mol. The molecule has 1 aliphatic heterocycles. The lowest BCUT2D eigenvalue weighted by molar-refractivity contribution is -0.390. The minimum atomic E-state index is -0.558. The molecule has 2 spiro atoms. The Labute approximate surface area is 180 Å². The van der Waals surface area contributed by atoms with Gasteiger partial charge < -0.3 is 9.47 Å². The molecular formula is C26H36O4. The Morgan fingerprint density at radius 3 is 2.60 bits per heavy atom. The molecule has 2 atom stereocenters. The topological polar surface area (TPSA) is 36.9 Å². The van der Waals surface area contributed by atoms with E-state index in [-0.39, 0.29) is 0 Å². The molecule has 4 heteroatoms. The second-order valence-corrected chi connectivity index (χ2v) is 10.8. The lowest BCUT2D eigenvalue weighted by Gasteiger charge is -2.57. The van der Waals surface area contributed by atoms with Crippen LogP contribution < -0.4 is 4.74 Å². The smallest absolute Gasteiger partial charge is 0.210 e. The third-order valence-electron chi connectivity index (χ3n) is 8.71. The highest BCUT2D eigenvalue weighted by Gasteiger charge is 2.67. The van der Waals surface area contributed by atoms with E-state index in [9.17, 15) is 0 Å². The quantitative estimate of drug-likeness (QED) is 0.417. The van der Waals surface area contributed by atoms with E-state index in [2.05, 4.69) is 31.2 Å². The molecule has 4 nitrogen and oxygen atoms in total. The molecule has 0 amide bonds. The maximum Gasteiger partial charge on any atom is 0.210 e. The average Bonchev–Trinajstić information content (AvgIpc) is 3.11. The molecule has 4 bridgehead atoms. The number of hydrogen-bond donors (Lipinski definition) is 0. The van der Waals surface area contributed by atoms with Gasteiger partial charge in [0.1, 0.15) is 5.75 Å². The van der Waals surface area contributed by atoms with E-state index >= 15 is 0 Å². The first-order valence-electron chi connectivity index (χ1n) is 12.5. The zero-order chi connectivity index (χ0) is 20.2. The minimum absolute atomic E-state index is 0.434. The van der Waals surface area contributed by atoms with Crippen molar-refractivity contribution in [3.63, 3.8) is 0 Å². The van der Waals surface area contributed by atoms with E-state index in [4.69, 9.17) is 19.2 Å². The normalized spacial score (nSPS) is 44.2. The zero-order valence-electron chi connectivity index (χ0n) is 18.3. The molecule has 1 unspecified atom stereocenters. The summed E-state index contributed by atoms with van der Waals surface area (Å²) in [6.45, 7) is 2.99. The summed E-state index contributed by atoms with van der Waals surface area (Å²) in [7, 11) is 0. The zero-order valence-corrected chi connectivity index (χ0v) is 18.3. The first-order valence-corrected chi connectivity index (χ1v) is 12.5. The molecule has 1 saturated heterocycles. The monoisotopic (exact) mass is 412 g/mol. The molecule has 6 fully saturated rings. The van der Waals surface area contributed by atoms with Gasteiger partial charge in [-0.25, -0.2) is 0 Å². The third-order valence-corrected chi connectivity index (χ3v) is 8.71. The van der Waals surface area contributed by atoms with E-state index in [1.54, 1.807) is 0 Å². The molecule has 164 valence electrons. The van der Waals surface area contributed by atoms with Gasteiger partial charge in [-0.1, -0.05) is 25.5 Å². The van der Waals surface area contributed by atoms with Crippen molar-refractivity contribution in [1.29, 1.82) is 0 Å². The lowest BCUT2D eigenvalue weighted by atomic mass is 9.53.